The van der Waals surface area contributed by atoms with E-state index in [1.807, 2.05) is 0 Å². The number of rotatable bonds is 2. The first kappa shape index (κ1) is 17.2. The van der Waals surface area contributed by atoms with Gasteiger partial charge in [-0.3, -0.25) is 0 Å². The number of benzene rings is 1. The molecule has 132 valence electrons. The van der Waals surface area contributed by atoms with E-state index in [0.717, 1.165) is 0 Å². The predicted molar refractivity (Wildman–Crippen MR) is 91.5 cm³/mol. The summed E-state index contributed by atoms with van der Waals surface area (Å²) in [6.07, 6.45) is -0.524. The highest BCUT2D eigenvalue weighted by Crippen LogP contribution is 2.45. The lowest BCUT2D eigenvalue weighted by atomic mass is 9.87. The number of hydrogen-bond acceptors (Lipinski definition) is 6. The molecule has 0 radical (unpaired) electrons. The number of aliphatic hydroxyl groups is 1. The third kappa shape index (κ3) is 2.93. The van der Waals surface area contributed by atoms with Crippen molar-refractivity contribution in [3.05, 3.63) is 51.9 Å². The van der Waals surface area contributed by atoms with E-state index in [4.69, 9.17) is 13.9 Å². The van der Waals surface area contributed by atoms with Gasteiger partial charge in [0, 0.05) is 17.0 Å². The summed E-state index contributed by atoms with van der Waals surface area (Å²) in [5, 5.41) is 11.4. The maximum atomic E-state index is 12.3. The van der Waals surface area contributed by atoms with Gasteiger partial charge in [0.2, 0.25) is 0 Å². The van der Waals surface area contributed by atoms with Crippen molar-refractivity contribution in [2.75, 3.05) is 0 Å². The number of esters is 1. The molecular formula is C19H20O6. The van der Waals surface area contributed by atoms with Crippen LogP contribution in [0.3, 0.4) is 0 Å². The summed E-state index contributed by atoms with van der Waals surface area (Å²) in [4.78, 5) is 24.0. The summed E-state index contributed by atoms with van der Waals surface area (Å²) in [5.74, 6) is -0.140. The normalized spacial score (nSPS) is 22.2. The van der Waals surface area contributed by atoms with Crippen molar-refractivity contribution in [3.63, 3.8) is 0 Å². The molecular weight excluding hydrogens is 324 g/mol. The van der Waals surface area contributed by atoms with Crippen molar-refractivity contribution < 1.29 is 23.8 Å². The minimum atomic E-state index is -1.13. The first-order valence-electron chi connectivity index (χ1n) is 8.02. The summed E-state index contributed by atoms with van der Waals surface area (Å²) in [6.45, 7) is 6.76. The van der Waals surface area contributed by atoms with Crippen LogP contribution in [-0.4, -0.2) is 22.8 Å². The Balaban J connectivity index is 2.22. The van der Waals surface area contributed by atoms with Crippen LogP contribution in [0.2, 0.25) is 0 Å². The molecule has 2 aromatic rings. The van der Waals surface area contributed by atoms with Crippen molar-refractivity contribution in [3.8, 4) is 5.75 Å². The summed E-state index contributed by atoms with van der Waals surface area (Å²) < 4.78 is 16.7. The number of allylic oxidation sites excluding steroid dienone is 1. The van der Waals surface area contributed by atoms with Crippen LogP contribution < -0.4 is 10.4 Å². The average Bonchev–Trinajstić information content (AvgIpc) is 2.57. The number of fused-ring (bicyclic) bond motifs is 3. The van der Waals surface area contributed by atoms with Crippen LogP contribution in [0.15, 0.2) is 45.1 Å². The predicted octanol–water partition coefficient (Wildman–Crippen LogP) is 2.88. The van der Waals surface area contributed by atoms with Crippen molar-refractivity contribution in [1.82, 2.24) is 0 Å². The van der Waals surface area contributed by atoms with E-state index in [2.05, 4.69) is 0 Å². The molecule has 2 unspecified atom stereocenters. The topological polar surface area (TPSA) is 86.0 Å². The van der Waals surface area contributed by atoms with Gasteiger partial charge < -0.3 is 19.0 Å². The number of carbonyl (C=O) groups is 1. The molecule has 0 amide bonds. The van der Waals surface area contributed by atoms with Gasteiger partial charge in [-0.05, 0) is 45.9 Å². The Morgan fingerprint density at radius 3 is 2.64 bits per heavy atom. The van der Waals surface area contributed by atoms with E-state index in [1.165, 1.54) is 6.07 Å². The molecule has 1 aliphatic rings. The molecule has 6 nitrogen and oxygen atoms in total. The van der Waals surface area contributed by atoms with Crippen LogP contribution >= 0.6 is 0 Å². The van der Waals surface area contributed by atoms with E-state index in [9.17, 15) is 14.7 Å². The monoisotopic (exact) mass is 344 g/mol. The molecule has 0 spiro atoms. The lowest BCUT2D eigenvalue weighted by molar-refractivity contribution is -0.166. The molecule has 1 aromatic heterocycles. The van der Waals surface area contributed by atoms with Crippen molar-refractivity contribution >= 4 is 16.9 Å². The summed E-state index contributed by atoms with van der Waals surface area (Å²) >= 11 is 0. The smallest absolute Gasteiger partial charge is 0.336 e. The van der Waals surface area contributed by atoms with E-state index in [-0.39, 0.29) is 5.58 Å². The Kier molecular flexibility index (Phi) is 4.16. The van der Waals surface area contributed by atoms with Crippen LogP contribution in [0.5, 0.6) is 5.75 Å². The van der Waals surface area contributed by atoms with Crippen LogP contribution in [0.4, 0.5) is 0 Å². The van der Waals surface area contributed by atoms with Crippen molar-refractivity contribution in [2.24, 2.45) is 0 Å². The number of ether oxygens (including phenoxy) is 2. The fourth-order valence-corrected chi connectivity index (χ4v) is 2.81. The molecule has 3 rings (SSSR count). The fraction of sp³-hybridized carbons (Fsp3) is 0.368. The third-order valence-electron chi connectivity index (χ3n) is 4.43. The highest BCUT2D eigenvalue weighted by atomic mass is 16.6. The van der Waals surface area contributed by atoms with Gasteiger partial charge in [-0.2, -0.15) is 0 Å². The van der Waals surface area contributed by atoms with Crippen molar-refractivity contribution in [1.29, 1.82) is 0 Å². The highest BCUT2D eigenvalue weighted by Gasteiger charge is 2.46. The molecule has 2 atom stereocenters. The van der Waals surface area contributed by atoms with Gasteiger partial charge in [-0.25, -0.2) is 9.59 Å². The summed E-state index contributed by atoms with van der Waals surface area (Å²) in [7, 11) is 0. The molecule has 0 aliphatic carbocycles. The first-order chi connectivity index (χ1) is 11.7. The van der Waals surface area contributed by atoms with Gasteiger partial charge in [-0.15, -0.1) is 0 Å². The Morgan fingerprint density at radius 1 is 1.28 bits per heavy atom. The largest absolute Gasteiger partial charge is 0.484 e. The molecule has 0 saturated carbocycles. The van der Waals surface area contributed by atoms with E-state index >= 15 is 0 Å². The molecule has 0 fully saturated rings. The zero-order chi connectivity index (χ0) is 18.4. The van der Waals surface area contributed by atoms with E-state index in [1.54, 1.807) is 52.0 Å². The Hall–Kier alpha value is -2.60. The molecule has 2 heterocycles. The molecule has 6 heteroatoms. The Labute approximate surface area is 144 Å². The van der Waals surface area contributed by atoms with Crippen molar-refractivity contribution in [2.45, 2.75) is 45.5 Å². The van der Waals surface area contributed by atoms with Gasteiger partial charge >= 0.3 is 11.6 Å². The molecule has 0 bridgehead atoms. The lowest BCUT2D eigenvalue weighted by Gasteiger charge is -2.41. The molecule has 25 heavy (non-hydrogen) atoms. The van der Waals surface area contributed by atoms with Gasteiger partial charge in [0.15, 0.2) is 6.10 Å². The zero-order valence-electron chi connectivity index (χ0n) is 14.5. The minimum Gasteiger partial charge on any atom is -0.484 e. The van der Waals surface area contributed by atoms with Crippen LogP contribution in [0, 0.1) is 0 Å². The molecule has 1 N–H and O–H groups in total. The second-order valence-corrected chi connectivity index (χ2v) is 6.60. The second-order valence-electron chi connectivity index (χ2n) is 6.60. The van der Waals surface area contributed by atoms with Gasteiger partial charge in [-0.1, -0.05) is 6.08 Å². The van der Waals surface area contributed by atoms with Gasteiger partial charge in [0.1, 0.15) is 23.0 Å². The number of hydrogen-bond donors (Lipinski definition) is 1. The summed E-state index contributed by atoms with van der Waals surface area (Å²) in [6, 6.07) is 6.39. The molecule has 1 aromatic carbocycles. The average molecular weight is 344 g/mol. The van der Waals surface area contributed by atoms with Gasteiger partial charge in [0.05, 0.1) is 5.56 Å². The lowest BCUT2D eigenvalue weighted by Crippen LogP contribution is -2.50. The first-order valence-corrected chi connectivity index (χ1v) is 8.02. The van der Waals surface area contributed by atoms with Gasteiger partial charge in [0.25, 0.3) is 0 Å². The Bertz CT molecular complexity index is 921. The minimum absolute atomic E-state index is 0.246. The highest BCUT2D eigenvalue weighted by molar-refractivity contribution is 5.89. The molecule has 0 saturated heterocycles. The fourth-order valence-electron chi connectivity index (χ4n) is 2.81. The zero-order valence-corrected chi connectivity index (χ0v) is 14.5. The maximum Gasteiger partial charge on any atom is 0.336 e. The summed E-state index contributed by atoms with van der Waals surface area (Å²) in [5.41, 5.74) is -0.491. The number of carbonyl (C=O) groups excluding carboxylic acids is 1. The second kappa shape index (κ2) is 6.04. The third-order valence-corrected chi connectivity index (χ3v) is 4.43. The van der Waals surface area contributed by atoms with Crippen LogP contribution in [0.25, 0.3) is 11.0 Å². The van der Waals surface area contributed by atoms with E-state index in [0.29, 0.717) is 22.3 Å². The van der Waals surface area contributed by atoms with Crippen LogP contribution in [0.1, 0.15) is 39.4 Å². The van der Waals surface area contributed by atoms with E-state index < -0.39 is 29.4 Å². The molecule has 1 aliphatic heterocycles. The Morgan fingerprint density at radius 2 is 1.96 bits per heavy atom. The maximum absolute atomic E-state index is 12.3. The number of aliphatic hydroxyl groups excluding tert-OH is 1. The standard InChI is InChI=1S/C19H20O6/c1-5-10(2)18(22)24-16-14-12(25-19(3,4)17(16)21)8-6-11-7-9-13(20)23-15(11)14/h5-9,16-17,21H,1-4H3. The SMILES string of the molecule is CC=C(C)C(=O)OC1c2c(ccc3ccc(=O)oc23)OC(C)(C)C1O. The van der Waals surface area contributed by atoms with Crippen LogP contribution in [-0.2, 0) is 9.53 Å². The quantitative estimate of drug-likeness (QED) is 0.512.